The molecule has 2 heterocycles. The summed E-state index contributed by atoms with van der Waals surface area (Å²) in [6.45, 7) is 4.59. The van der Waals surface area contributed by atoms with Crippen LogP contribution in [0.1, 0.15) is 23.5 Å². The van der Waals surface area contributed by atoms with Crippen molar-refractivity contribution in [3.05, 3.63) is 47.4 Å². The van der Waals surface area contributed by atoms with Gasteiger partial charge in [-0.3, -0.25) is 9.59 Å². The topological polar surface area (TPSA) is 63.0 Å². The van der Waals surface area contributed by atoms with E-state index in [4.69, 9.17) is 9.15 Å². The highest BCUT2D eigenvalue weighted by atomic mass is 16.5. The van der Waals surface area contributed by atoms with Crippen LogP contribution < -0.4 is 9.64 Å². The van der Waals surface area contributed by atoms with Crippen molar-refractivity contribution in [1.82, 2.24) is 4.90 Å². The summed E-state index contributed by atoms with van der Waals surface area (Å²) >= 11 is 0. The first-order chi connectivity index (χ1) is 12.4. The summed E-state index contributed by atoms with van der Waals surface area (Å²) in [7, 11) is 3.32. The summed E-state index contributed by atoms with van der Waals surface area (Å²) in [6.07, 6.45) is 0.206. The Morgan fingerprint density at radius 1 is 1.31 bits per heavy atom. The highest BCUT2D eigenvalue weighted by molar-refractivity contribution is 6.01. The maximum atomic E-state index is 12.8. The molecule has 2 aromatic rings. The van der Waals surface area contributed by atoms with Gasteiger partial charge in [-0.15, -0.1) is 0 Å². The summed E-state index contributed by atoms with van der Waals surface area (Å²) in [5, 5.41) is 0. The fraction of sp³-hybridized carbons (Fsp3) is 0.400. The number of aryl methyl sites for hydroxylation is 2. The van der Waals surface area contributed by atoms with Crippen molar-refractivity contribution in [2.24, 2.45) is 5.92 Å². The second-order valence-corrected chi connectivity index (χ2v) is 6.79. The second-order valence-electron chi connectivity index (χ2n) is 6.79. The molecule has 1 aromatic carbocycles. The third-order valence-corrected chi connectivity index (χ3v) is 4.66. The molecule has 1 fully saturated rings. The van der Waals surface area contributed by atoms with Gasteiger partial charge in [0.1, 0.15) is 17.3 Å². The van der Waals surface area contributed by atoms with E-state index in [1.54, 1.807) is 24.0 Å². The van der Waals surface area contributed by atoms with E-state index in [1.165, 1.54) is 0 Å². The van der Waals surface area contributed by atoms with Gasteiger partial charge in [0.15, 0.2) is 0 Å². The van der Waals surface area contributed by atoms with Gasteiger partial charge in [0.2, 0.25) is 11.8 Å². The molecule has 1 atom stereocenters. The number of carbonyl (C=O) groups is 2. The number of ether oxygens (including phenoxy) is 1. The Hall–Kier alpha value is -2.76. The summed E-state index contributed by atoms with van der Waals surface area (Å²) in [4.78, 5) is 28.6. The third-order valence-electron chi connectivity index (χ3n) is 4.66. The number of methoxy groups -OCH3 is 1. The van der Waals surface area contributed by atoms with Crippen molar-refractivity contribution in [1.29, 1.82) is 0 Å². The second kappa shape index (κ2) is 7.23. The van der Waals surface area contributed by atoms with Crippen molar-refractivity contribution in [3.8, 4) is 5.75 Å². The van der Waals surface area contributed by atoms with Crippen LogP contribution in [0.2, 0.25) is 0 Å². The largest absolute Gasteiger partial charge is 0.495 e. The fourth-order valence-corrected chi connectivity index (χ4v) is 3.31. The lowest BCUT2D eigenvalue weighted by Crippen LogP contribution is -2.34. The lowest BCUT2D eigenvalue weighted by atomic mass is 10.1. The molecule has 0 N–H and O–H groups in total. The van der Waals surface area contributed by atoms with Crippen LogP contribution in [-0.2, 0) is 16.1 Å². The van der Waals surface area contributed by atoms with Crippen LogP contribution in [0.3, 0.4) is 0 Å². The Labute approximate surface area is 153 Å². The maximum absolute atomic E-state index is 12.8. The summed E-state index contributed by atoms with van der Waals surface area (Å²) in [5.41, 5.74) is 1.76. The predicted molar refractivity (Wildman–Crippen MR) is 98.1 cm³/mol. The van der Waals surface area contributed by atoms with Crippen LogP contribution in [-0.4, -0.2) is 37.4 Å². The van der Waals surface area contributed by atoms with Crippen molar-refractivity contribution in [3.63, 3.8) is 0 Å². The molecule has 138 valence electrons. The van der Waals surface area contributed by atoms with Crippen LogP contribution >= 0.6 is 0 Å². The molecule has 6 nitrogen and oxygen atoms in total. The smallest absolute Gasteiger partial charge is 0.228 e. The molecule has 0 bridgehead atoms. The summed E-state index contributed by atoms with van der Waals surface area (Å²) in [5.74, 6) is 1.70. The van der Waals surface area contributed by atoms with Gasteiger partial charge in [-0.05, 0) is 43.7 Å². The molecule has 0 saturated carbocycles. The first-order valence-corrected chi connectivity index (χ1v) is 8.64. The molecule has 1 aliphatic heterocycles. The Morgan fingerprint density at radius 3 is 2.73 bits per heavy atom. The van der Waals surface area contributed by atoms with Crippen LogP contribution in [0.4, 0.5) is 5.69 Å². The van der Waals surface area contributed by atoms with E-state index in [0.29, 0.717) is 18.8 Å². The van der Waals surface area contributed by atoms with Crippen LogP contribution in [0.15, 0.2) is 34.7 Å². The zero-order valence-corrected chi connectivity index (χ0v) is 15.6. The van der Waals surface area contributed by atoms with E-state index in [-0.39, 0.29) is 24.2 Å². The Bertz CT molecular complexity index is 827. The Kier molecular flexibility index (Phi) is 5.02. The van der Waals surface area contributed by atoms with Crippen molar-refractivity contribution in [2.45, 2.75) is 26.8 Å². The zero-order chi connectivity index (χ0) is 18.8. The van der Waals surface area contributed by atoms with E-state index < -0.39 is 0 Å². The quantitative estimate of drug-likeness (QED) is 0.826. The van der Waals surface area contributed by atoms with Crippen LogP contribution in [0.5, 0.6) is 5.75 Å². The number of benzene rings is 1. The van der Waals surface area contributed by atoms with E-state index in [1.807, 2.05) is 44.2 Å². The SMILES string of the molecule is COc1ccc(C)cc1N1C[C@@H](C(=O)N(C)Cc2ccc(C)o2)CC1=O. The normalized spacial score (nSPS) is 16.8. The van der Waals surface area contributed by atoms with Gasteiger partial charge in [-0.2, -0.15) is 0 Å². The molecule has 0 unspecified atom stereocenters. The van der Waals surface area contributed by atoms with E-state index in [9.17, 15) is 9.59 Å². The molecule has 0 radical (unpaired) electrons. The Morgan fingerprint density at radius 2 is 2.08 bits per heavy atom. The predicted octanol–water partition coefficient (Wildman–Crippen LogP) is 2.92. The van der Waals surface area contributed by atoms with Crippen molar-refractivity contribution in [2.75, 3.05) is 25.6 Å². The molecular formula is C20H24N2O4. The lowest BCUT2D eigenvalue weighted by Gasteiger charge is -2.22. The number of hydrogen-bond donors (Lipinski definition) is 0. The molecule has 6 heteroatoms. The summed E-state index contributed by atoms with van der Waals surface area (Å²) in [6, 6.07) is 9.43. The zero-order valence-electron chi connectivity index (χ0n) is 15.6. The van der Waals surface area contributed by atoms with E-state index >= 15 is 0 Å². The number of carbonyl (C=O) groups excluding carboxylic acids is 2. The first-order valence-electron chi connectivity index (χ1n) is 8.64. The molecular weight excluding hydrogens is 332 g/mol. The highest BCUT2D eigenvalue weighted by Gasteiger charge is 2.37. The number of rotatable bonds is 5. The molecule has 1 saturated heterocycles. The first kappa shape index (κ1) is 18.0. The number of nitrogens with zero attached hydrogens (tertiary/aromatic N) is 2. The molecule has 3 rings (SSSR count). The monoisotopic (exact) mass is 356 g/mol. The van der Waals surface area contributed by atoms with Crippen LogP contribution in [0, 0.1) is 19.8 Å². The number of anilines is 1. The molecule has 1 aromatic heterocycles. The minimum Gasteiger partial charge on any atom is -0.495 e. The van der Waals surface area contributed by atoms with Gasteiger partial charge in [0.25, 0.3) is 0 Å². The lowest BCUT2D eigenvalue weighted by molar-refractivity contribution is -0.135. The van der Waals surface area contributed by atoms with Crippen LogP contribution in [0.25, 0.3) is 0 Å². The summed E-state index contributed by atoms with van der Waals surface area (Å²) < 4.78 is 10.9. The Balaban J connectivity index is 1.73. The molecule has 0 aliphatic carbocycles. The molecule has 1 aliphatic rings. The third kappa shape index (κ3) is 3.59. The maximum Gasteiger partial charge on any atom is 0.228 e. The number of hydrogen-bond acceptors (Lipinski definition) is 4. The minimum absolute atomic E-state index is 0.0541. The number of amides is 2. The van der Waals surface area contributed by atoms with E-state index in [2.05, 4.69) is 0 Å². The van der Waals surface area contributed by atoms with Gasteiger partial charge in [0.05, 0.1) is 25.3 Å². The molecule has 0 spiro atoms. The van der Waals surface area contributed by atoms with Gasteiger partial charge in [0, 0.05) is 20.0 Å². The van der Waals surface area contributed by atoms with Gasteiger partial charge < -0.3 is 19.0 Å². The average Bonchev–Trinajstić information content (AvgIpc) is 3.19. The van der Waals surface area contributed by atoms with Gasteiger partial charge in [-0.25, -0.2) is 0 Å². The van der Waals surface area contributed by atoms with Gasteiger partial charge >= 0.3 is 0 Å². The standard InChI is InChI=1S/C20H24N2O4/c1-13-5-8-18(25-4)17(9-13)22-11-15(10-19(22)23)20(24)21(3)12-16-7-6-14(2)26-16/h5-9,15H,10-12H2,1-4H3/t15-/m0/s1. The van der Waals surface area contributed by atoms with Crippen molar-refractivity contribution >= 4 is 17.5 Å². The fourth-order valence-electron chi connectivity index (χ4n) is 3.31. The molecule has 2 amide bonds. The van der Waals surface area contributed by atoms with Gasteiger partial charge in [-0.1, -0.05) is 6.07 Å². The minimum atomic E-state index is -0.367. The highest BCUT2D eigenvalue weighted by Crippen LogP contribution is 2.34. The average molecular weight is 356 g/mol. The van der Waals surface area contributed by atoms with E-state index in [0.717, 1.165) is 22.8 Å². The van der Waals surface area contributed by atoms with Crippen molar-refractivity contribution < 1.29 is 18.7 Å². The number of furan rings is 1. The molecule has 26 heavy (non-hydrogen) atoms.